The van der Waals surface area contributed by atoms with Crippen LogP contribution in [0.5, 0.6) is 5.88 Å². The molecule has 0 spiro atoms. The first-order valence-corrected chi connectivity index (χ1v) is 9.04. The minimum Gasteiger partial charge on any atom is -0.473 e. The molecule has 140 valence electrons. The van der Waals surface area contributed by atoms with Crippen molar-refractivity contribution in [2.24, 2.45) is 4.99 Å². The average Bonchev–Trinajstić information content (AvgIpc) is 2.69. The summed E-state index contributed by atoms with van der Waals surface area (Å²) in [6.07, 6.45) is 1.74. The third-order valence-corrected chi connectivity index (χ3v) is 3.56. The van der Waals surface area contributed by atoms with Gasteiger partial charge in [0.05, 0.1) is 13.2 Å². The monoisotopic (exact) mass is 356 g/mol. The van der Waals surface area contributed by atoms with Gasteiger partial charge in [-0.1, -0.05) is 36.4 Å². The van der Waals surface area contributed by atoms with Crippen molar-refractivity contribution in [2.75, 3.05) is 26.3 Å². The molecule has 0 saturated carbocycles. The van der Waals surface area contributed by atoms with Crippen LogP contribution in [0.1, 0.15) is 25.0 Å². The minimum atomic E-state index is 0.487. The number of ether oxygens (including phenoxy) is 2. The van der Waals surface area contributed by atoms with Crippen LogP contribution in [0.2, 0.25) is 0 Å². The Kier molecular flexibility index (Phi) is 9.00. The van der Waals surface area contributed by atoms with Crippen molar-refractivity contribution in [3.63, 3.8) is 0 Å². The van der Waals surface area contributed by atoms with Gasteiger partial charge in [0.1, 0.15) is 6.61 Å². The summed E-state index contributed by atoms with van der Waals surface area (Å²) in [6, 6.07) is 13.9. The Hall–Kier alpha value is -2.60. The van der Waals surface area contributed by atoms with Gasteiger partial charge >= 0.3 is 0 Å². The lowest BCUT2D eigenvalue weighted by Gasteiger charge is -2.12. The molecule has 6 heteroatoms. The van der Waals surface area contributed by atoms with Crippen molar-refractivity contribution in [1.29, 1.82) is 0 Å². The number of nitrogens with zero attached hydrogens (tertiary/aromatic N) is 2. The summed E-state index contributed by atoms with van der Waals surface area (Å²) >= 11 is 0. The highest BCUT2D eigenvalue weighted by atomic mass is 16.5. The highest BCUT2D eigenvalue weighted by molar-refractivity contribution is 5.79. The van der Waals surface area contributed by atoms with Crippen molar-refractivity contribution in [2.45, 2.75) is 27.0 Å². The number of guanidine groups is 1. The molecular formula is C20H28N4O2. The van der Waals surface area contributed by atoms with E-state index in [9.17, 15) is 0 Å². The van der Waals surface area contributed by atoms with E-state index in [1.54, 1.807) is 6.20 Å². The van der Waals surface area contributed by atoms with E-state index in [0.717, 1.165) is 23.6 Å². The molecule has 0 amide bonds. The number of nitrogens with one attached hydrogen (secondary N) is 2. The lowest BCUT2D eigenvalue weighted by molar-refractivity contribution is 0.152. The van der Waals surface area contributed by atoms with Crippen LogP contribution >= 0.6 is 0 Å². The first-order chi connectivity index (χ1) is 12.8. The molecule has 0 radical (unpaired) electrons. The molecular weight excluding hydrogens is 328 g/mol. The minimum absolute atomic E-state index is 0.487. The van der Waals surface area contributed by atoms with Gasteiger partial charge in [0.25, 0.3) is 0 Å². The number of benzene rings is 1. The zero-order valence-electron chi connectivity index (χ0n) is 15.6. The summed E-state index contributed by atoms with van der Waals surface area (Å²) in [6.45, 7) is 7.88. The molecule has 0 unspecified atom stereocenters. The first-order valence-electron chi connectivity index (χ1n) is 9.04. The van der Waals surface area contributed by atoms with Gasteiger partial charge in [0.2, 0.25) is 5.88 Å². The van der Waals surface area contributed by atoms with Gasteiger partial charge in [-0.3, -0.25) is 0 Å². The van der Waals surface area contributed by atoms with Crippen LogP contribution in [0, 0.1) is 0 Å². The number of hydrogen-bond acceptors (Lipinski definition) is 4. The van der Waals surface area contributed by atoms with Crippen LogP contribution in [0.3, 0.4) is 0 Å². The molecule has 2 aromatic rings. The second-order valence-electron chi connectivity index (χ2n) is 5.56. The summed E-state index contributed by atoms with van der Waals surface area (Å²) in [5.74, 6) is 1.37. The number of pyridine rings is 1. The van der Waals surface area contributed by atoms with Gasteiger partial charge in [-0.2, -0.15) is 0 Å². The van der Waals surface area contributed by atoms with E-state index in [4.69, 9.17) is 9.47 Å². The quantitative estimate of drug-likeness (QED) is 0.389. The van der Waals surface area contributed by atoms with Crippen molar-refractivity contribution in [3.05, 3.63) is 59.8 Å². The molecule has 0 aliphatic carbocycles. The van der Waals surface area contributed by atoms with Gasteiger partial charge < -0.3 is 20.1 Å². The van der Waals surface area contributed by atoms with Gasteiger partial charge in [-0.25, -0.2) is 9.98 Å². The van der Waals surface area contributed by atoms with E-state index in [2.05, 4.69) is 20.6 Å². The summed E-state index contributed by atoms with van der Waals surface area (Å²) in [5.41, 5.74) is 2.06. The molecule has 0 saturated heterocycles. The third-order valence-electron chi connectivity index (χ3n) is 3.56. The molecule has 2 N–H and O–H groups in total. The zero-order chi connectivity index (χ0) is 18.5. The molecule has 1 heterocycles. The maximum atomic E-state index is 5.89. The van der Waals surface area contributed by atoms with Gasteiger partial charge in [0.15, 0.2) is 5.96 Å². The maximum Gasteiger partial charge on any atom is 0.218 e. The Morgan fingerprint density at radius 2 is 1.92 bits per heavy atom. The summed E-state index contributed by atoms with van der Waals surface area (Å²) in [4.78, 5) is 8.97. The van der Waals surface area contributed by atoms with Gasteiger partial charge in [-0.05, 0) is 25.5 Å². The fourth-order valence-corrected chi connectivity index (χ4v) is 2.29. The fraction of sp³-hybridized carbons (Fsp3) is 0.400. The lowest BCUT2D eigenvalue weighted by atomic mass is 10.2. The number of aliphatic imine (C=N–C) groups is 1. The van der Waals surface area contributed by atoms with Crippen molar-refractivity contribution in [1.82, 2.24) is 15.6 Å². The Bertz CT molecular complexity index is 662. The smallest absolute Gasteiger partial charge is 0.218 e. The predicted molar refractivity (Wildman–Crippen MR) is 104 cm³/mol. The van der Waals surface area contributed by atoms with Crippen LogP contribution in [-0.4, -0.2) is 37.2 Å². The van der Waals surface area contributed by atoms with Crippen LogP contribution < -0.4 is 15.4 Å². The van der Waals surface area contributed by atoms with Gasteiger partial charge in [0, 0.05) is 31.5 Å². The SMILES string of the molecule is CCNC(=NCc1cccnc1OCc1ccccc1)NCCOCC. The number of hydrogen-bond donors (Lipinski definition) is 2. The first kappa shape index (κ1) is 19.7. The van der Waals surface area contributed by atoms with Crippen LogP contribution in [0.4, 0.5) is 0 Å². The number of aromatic nitrogens is 1. The van der Waals surface area contributed by atoms with E-state index in [1.807, 2.05) is 56.3 Å². The fourth-order valence-electron chi connectivity index (χ4n) is 2.29. The van der Waals surface area contributed by atoms with Crippen molar-refractivity contribution < 1.29 is 9.47 Å². The summed E-state index contributed by atoms with van der Waals surface area (Å²) in [7, 11) is 0. The lowest BCUT2D eigenvalue weighted by Crippen LogP contribution is -2.39. The van der Waals surface area contributed by atoms with Crippen molar-refractivity contribution >= 4 is 5.96 Å². The van der Waals surface area contributed by atoms with E-state index in [-0.39, 0.29) is 0 Å². The predicted octanol–water partition coefficient (Wildman–Crippen LogP) is 2.75. The summed E-state index contributed by atoms with van der Waals surface area (Å²) < 4.78 is 11.2. The average molecular weight is 356 g/mol. The van der Waals surface area contributed by atoms with Crippen LogP contribution in [0.25, 0.3) is 0 Å². The van der Waals surface area contributed by atoms with Gasteiger partial charge in [-0.15, -0.1) is 0 Å². The standard InChI is InChI=1S/C20H28N4O2/c1-3-21-20(23-13-14-25-4-2)24-15-18-11-8-12-22-19(18)26-16-17-9-6-5-7-10-17/h5-12H,3-4,13-16H2,1-2H3,(H2,21,23,24). The van der Waals surface area contributed by atoms with E-state index < -0.39 is 0 Å². The molecule has 0 fully saturated rings. The topological polar surface area (TPSA) is 67.8 Å². The Balaban J connectivity index is 1.96. The second-order valence-corrected chi connectivity index (χ2v) is 5.56. The highest BCUT2D eigenvalue weighted by Gasteiger charge is 2.05. The molecule has 1 aromatic carbocycles. The Labute approximate surface area is 155 Å². The maximum absolute atomic E-state index is 5.89. The molecule has 1 aromatic heterocycles. The normalized spacial score (nSPS) is 11.2. The van der Waals surface area contributed by atoms with E-state index >= 15 is 0 Å². The highest BCUT2D eigenvalue weighted by Crippen LogP contribution is 2.17. The van der Waals surface area contributed by atoms with E-state index in [0.29, 0.717) is 38.8 Å². The molecule has 6 nitrogen and oxygen atoms in total. The molecule has 0 aliphatic heterocycles. The molecule has 0 bridgehead atoms. The zero-order valence-corrected chi connectivity index (χ0v) is 15.6. The molecule has 0 aliphatic rings. The third kappa shape index (κ3) is 7.11. The second kappa shape index (κ2) is 11.9. The number of rotatable bonds is 10. The largest absolute Gasteiger partial charge is 0.473 e. The Morgan fingerprint density at radius 1 is 1.08 bits per heavy atom. The van der Waals surface area contributed by atoms with E-state index in [1.165, 1.54) is 0 Å². The van der Waals surface area contributed by atoms with Crippen LogP contribution in [-0.2, 0) is 17.9 Å². The summed E-state index contributed by atoms with van der Waals surface area (Å²) in [5, 5.41) is 6.48. The molecule has 2 rings (SSSR count). The van der Waals surface area contributed by atoms with Crippen molar-refractivity contribution in [3.8, 4) is 5.88 Å². The molecule has 0 atom stereocenters. The van der Waals surface area contributed by atoms with Crippen LogP contribution in [0.15, 0.2) is 53.7 Å². The molecule has 26 heavy (non-hydrogen) atoms. The Morgan fingerprint density at radius 3 is 2.69 bits per heavy atom.